The molecule has 2 aromatic heterocycles. The molecule has 0 atom stereocenters. The molecule has 0 N–H and O–H groups in total. The third kappa shape index (κ3) is 1.46. The smallest absolute Gasteiger partial charge is 0.0812 e. The molecular formula is C11H13NS. The molecule has 0 radical (unpaired) electrons. The number of aromatic nitrogens is 1. The first-order valence-electron chi connectivity index (χ1n) is 4.42. The SMILES string of the molecule is CC(C)(C)c1ccnc2ccsc12. The molecule has 2 aromatic rings. The van der Waals surface area contributed by atoms with Crippen LogP contribution >= 0.6 is 11.3 Å². The molecule has 0 aromatic carbocycles. The van der Waals surface area contributed by atoms with Crippen LogP contribution in [0.2, 0.25) is 0 Å². The van der Waals surface area contributed by atoms with Crippen LogP contribution in [0.1, 0.15) is 26.3 Å². The van der Waals surface area contributed by atoms with E-state index < -0.39 is 0 Å². The fourth-order valence-corrected chi connectivity index (χ4v) is 2.54. The summed E-state index contributed by atoms with van der Waals surface area (Å²) >= 11 is 1.78. The first-order valence-corrected chi connectivity index (χ1v) is 5.30. The highest BCUT2D eigenvalue weighted by Crippen LogP contribution is 2.31. The summed E-state index contributed by atoms with van der Waals surface area (Å²) in [5.74, 6) is 0. The molecule has 0 aliphatic rings. The van der Waals surface area contributed by atoms with Crippen LogP contribution in [0.25, 0.3) is 10.2 Å². The maximum absolute atomic E-state index is 4.33. The van der Waals surface area contributed by atoms with Crippen molar-refractivity contribution in [1.82, 2.24) is 4.98 Å². The van der Waals surface area contributed by atoms with Gasteiger partial charge in [0.1, 0.15) is 0 Å². The highest BCUT2D eigenvalue weighted by molar-refractivity contribution is 7.17. The number of hydrogen-bond acceptors (Lipinski definition) is 2. The summed E-state index contributed by atoms with van der Waals surface area (Å²) in [6.07, 6.45) is 1.90. The molecule has 0 fully saturated rings. The molecule has 0 saturated carbocycles. The molecule has 0 aliphatic heterocycles. The Morgan fingerprint density at radius 2 is 2.00 bits per heavy atom. The van der Waals surface area contributed by atoms with Crippen molar-refractivity contribution in [2.24, 2.45) is 0 Å². The van der Waals surface area contributed by atoms with Crippen molar-refractivity contribution in [1.29, 1.82) is 0 Å². The van der Waals surface area contributed by atoms with Crippen molar-refractivity contribution in [3.63, 3.8) is 0 Å². The first-order chi connectivity index (χ1) is 6.09. The minimum absolute atomic E-state index is 0.214. The molecule has 13 heavy (non-hydrogen) atoms. The lowest BCUT2D eigenvalue weighted by atomic mass is 9.87. The van der Waals surface area contributed by atoms with Gasteiger partial charge in [-0.1, -0.05) is 20.8 Å². The zero-order valence-corrected chi connectivity index (χ0v) is 8.98. The average Bonchev–Trinajstić information content (AvgIpc) is 2.48. The molecule has 68 valence electrons. The van der Waals surface area contributed by atoms with Crippen molar-refractivity contribution in [2.75, 3.05) is 0 Å². The number of thiophene rings is 1. The van der Waals surface area contributed by atoms with Crippen LogP contribution < -0.4 is 0 Å². The van der Waals surface area contributed by atoms with E-state index in [4.69, 9.17) is 0 Å². The predicted octanol–water partition coefficient (Wildman–Crippen LogP) is 3.59. The van der Waals surface area contributed by atoms with Gasteiger partial charge in [-0.05, 0) is 28.5 Å². The molecule has 0 unspecified atom stereocenters. The second kappa shape index (κ2) is 2.81. The lowest BCUT2D eigenvalue weighted by Crippen LogP contribution is -2.11. The van der Waals surface area contributed by atoms with Crippen LogP contribution in [0.4, 0.5) is 0 Å². The van der Waals surface area contributed by atoms with Gasteiger partial charge in [-0.2, -0.15) is 0 Å². The zero-order valence-electron chi connectivity index (χ0n) is 8.16. The molecule has 0 saturated heterocycles. The predicted molar refractivity (Wildman–Crippen MR) is 58.3 cm³/mol. The Balaban J connectivity index is 2.75. The van der Waals surface area contributed by atoms with Crippen LogP contribution in [-0.2, 0) is 5.41 Å². The van der Waals surface area contributed by atoms with Crippen LogP contribution in [0.15, 0.2) is 23.7 Å². The zero-order chi connectivity index (χ0) is 9.47. The average molecular weight is 191 g/mol. The summed E-state index contributed by atoms with van der Waals surface area (Å²) in [6, 6.07) is 4.20. The summed E-state index contributed by atoms with van der Waals surface area (Å²) in [6.45, 7) is 6.71. The second-order valence-electron chi connectivity index (χ2n) is 4.24. The largest absolute Gasteiger partial charge is 0.255 e. The standard InChI is InChI=1S/C11H13NS/c1-11(2,3)8-4-6-12-9-5-7-13-10(8)9/h4-7H,1-3H3. The van der Waals surface area contributed by atoms with Crippen molar-refractivity contribution in [2.45, 2.75) is 26.2 Å². The number of fused-ring (bicyclic) bond motifs is 1. The highest BCUT2D eigenvalue weighted by Gasteiger charge is 2.17. The Morgan fingerprint density at radius 3 is 2.69 bits per heavy atom. The summed E-state index contributed by atoms with van der Waals surface area (Å²) < 4.78 is 1.33. The fourth-order valence-electron chi connectivity index (χ4n) is 1.46. The van der Waals surface area contributed by atoms with Crippen molar-refractivity contribution in [3.8, 4) is 0 Å². The van der Waals surface area contributed by atoms with Crippen LogP contribution in [0.5, 0.6) is 0 Å². The van der Waals surface area contributed by atoms with E-state index in [2.05, 4.69) is 43.3 Å². The number of rotatable bonds is 0. The third-order valence-electron chi connectivity index (χ3n) is 2.15. The third-order valence-corrected chi connectivity index (χ3v) is 3.09. The summed E-state index contributed by atoms with van der Waals surface area (Å²) in [4.78, 5) is 4.33. The maximum atomic E-state index is 4.33. The number of pyridine rings is 1. The Hall–Kier alpha value is -0.890. The lowest BCUT2D eigenvalue weighted by molar-refractivity contribution is 0.596. The molecule has 0 amide bonds. The molecule has 2 rings (SSSR count). The van der Waals surface area contributed by atoms with Gasteiger partial charge in [-0.3, -0.25) is 4.98 Å². The van der Waals surface area contributed by atoms with E-state index in [-0.39, 0.29) is 5.41 Å². The maximum Gasteiger partial charge on any atom is 0.0812 e. The molecule has 0 bridgehead atoms. The van der Waals surface area contributed by atoms with Crippen LogP contribution in [0.3, 0.4) is 0 Å². The van der Waals surface area contributed by atoms with Crippen molar-refractivity contribution < 1.29 is 0 Å². The van der Waals surface area contributed by atoms with Gasteiger partial charge in [0.15, 0.2) is 0 Å². The summed E-state index contributed by atoms with van der Waals surface area (Å²) in [5.41, 5.74) is 2.73. The highest BCUT2D eigenvalue weighted by atomic mass is 32.1. The molecule has 0 spiro atoms. The quantitative estimate of drug-likeness (QED) is 0.620. The van der Waals surface area contributed by atoms with E-state index in [0.717, 1.165) is 5.52 Å². The van der Waals surface area contributed by atoms with Gasteiger partial charge in [-0.15, -0.1) is 11.3 Å². The van der Waals surface area contributed by atoms with Crippen molar-refractivity contribution in [3.05, 3.63) is 29.3 Å². The van der Waals surface area contributed by atoms with E-state index in [0.29, 0.717) is 0 Å². The minimum atomic E-state index is 0.214. The normalized spacial score (nSPS) is 12.2. The van der Waals surface area contributed by atoms with Gasteiger partial charge in [0.2, 0.25) is 0 Å². The Kier molecular flexibility index (Phi) is 1.88. The van der Waals surface area contributed by atoms with E-state index >= 15 is 0 Å². The van der Waals surface area contributed by atoms with Crippen LogP contribution in [0, 0.1) is 0 Å². The van der Waals surface area contributed by atoms with Gasteiger partial charge >= 0.3 is 0 Å². The summed E-state index contributed by atoms with van der Waals surface area (Å²) in [7, 11) is 0. The van der Waals surface area contributed by atoms with Crippen LogP contribution in [-0.4, -0.2) is 4.98 Å². The fraction of sp³-hybridized carbons (Fsp3) is 0.364. The molecule has 0 aliphatic carbocycles. The van der Waals surface area contributed by atoms with E-state index in [1.54, 1.807) is 11.3 Å². The molecule has 2 heteroatoms. The van der Waals surface area contributed by atoms with Crippen molar-refractivity contribution >= 4 is 21.6 Å². The molecule has 2 heterocycles. The Morgan fingerprint density at radius 1 is 1.23 bits per heavy atom. The molecular weight excluding hydrogens is 178 g/mol. The lowest BCUT2D eigenvalue weighted by Gasteiger charge is -2.19. The summed E-state index contributed by atoms with van der Waals surface area (Å²) in [5, 5.41) is 2.10. The van der Waals surface area contributed by atoms with Gasteiger partial charge in [-0.25, -0.2) is 0 Å². The minimum Gasteiger partial charge on any atom is -0.255 e. The number of hydrogen-bond donors (Lipinski definition) is 0. The van der Waals surface area contributed by atoms with Gasteiger partial charge < -0.3 is 0 Å². The molecule has 1 nitrogen and oxygen atoms in total. The van der Waals surface area contributed by atoms with E-state index in [1.165, 1.54) is 10.3 Å². The Bertz CT molecular complexity index is 423. The van der Waals surface area contributed by atoms with Gasteiger partial charge in [0.25, 0.3) is 0 Å². The second-order valence-corrected chi connectivity index (χ2v) is 5.16. The Labute approximate surface area is 82.4 Å². The first kappa shape index (κ1) is 8.70. The van der Waals surface area contributed by atoms with Gasteiger partial charge in [0, 0.05) is 6.20 Å². The number of nitrogens with zero attached hydrogens (tertiary/aromatic N) is 1. The van der Waals surface area contributed by atoms with E-state index in [9.17, 15) is 0 Å². The van der Waals surface area contributed by atoms with E-state index in [1.807, 2.05) is 6.20 Å². The topological polar surface area (TPSA) is 12.9 Å². The monoisotopic (exact) mass is 191 g/mol. The van der Waals surface area contributed by atoms with Gasteiger partial charge in [0.05, 0.1) is 10.2 Å².